The van der Waals surface area contributed by atoms with Gasteiger partial charge in [0.1, 0.15) is 11.0 Å². The Morgan fingerprint density at radius 2 is 1.88 bits per heavy atom. The lowest BCUT2D eigenvalue weighted by Crippen LogP contribution is -2.11. The number of hydrogen-bond acceptors (Lipinski definition) is 2. The number of nitrogens with zero attached hydrogens (tertiary/aromatic N) is 2. The van der Waals surface area contributed by atoms with Crippen LogP contribution in [0.15, 0.2) is 0 Å². The molecule has 0 radical (unpaired) electrons. The van der Waals surface area contributed by atoms with Gasteiger partial charge in [-0.05, 0) is 29.0 Å². The standard InChI is InChI=1S/C10H11ClF3IN2/c1-2-3-6-8(15)9(11)17-7(16-6)4-5-10(12,13)14/h2-5H2,1H3. The van der Waals surface area contributed by atoms with E-state index in [-0.39, 0.29) is 17.4 Å². The molecule has 0 aliphatic rings. The molecule has 0 fully saturated rings. The highest BCUT2D eigenvalue weighted by molar-refractivity contribution is 14.1. The minimum atomic E-state index is -4.19. The molecular formula is C10H11ClF3IN2. The van der Waals surface area contributed by atoms with Crippen LogP contribution in [0, 0.1) is 3.57 Å². The Morgan fingerprint density at radius 3 is 2.41 bits per heavy atom. The molecule has 0 amide bonds. The summed E-state index contributed by atoms with van der Waals surface area (Å²) in [5, 5.41) is 0.237. The van der Waals surface area contributed by atoms with Crippen LogP contribution in [-0.4, -0.2) is 16.1 Å². The molecule has 0 N–H and O–H groups in total. The van der Waals surface area contributed by atoms with Crippen LogP contribution < -0.4 is 0 Å². The van der Waals surface area contributed by atoms with Crippen molar-refractivity contribution in [3.8, 4) is 0 Å². The normalized spacial score (nSPS) is 11.9. The van der Waals surface area contributed by atoms with Gasteiger partial charge in [-0.25, -0.2) is 9.97 Å². The first-order chi connectivity index (χ1) is 7.83. The van der Waals surface area contributed by atoms with Crippen LogP contribution in [0.5, 0.6) is 0 Å². The van der Waals surface area contributed by atoms with Crippen LogP contribution in [0.1, 0.15) is 31.3 Å². The molecule has 1 aromatic heterocycles. The van der Waals surface area contributed by atoms with Gasteiger partial charge in [-0.3, -0.25) is 0 Å². The Bertz CT molecular complexity index is 396. The number of aryl methyl sites for hydroxylation is 2. The molecule has 0 atom stereocenters. The van der Waals surface area contributed by atoms with Crippen LogP contribution in [0.25, 0.3) is 0 Å². The van der Waals surface area contributed by atoms with Crippen molar-refractivity contribution in [2.75, 3.05) is 0 Å². The zero-order valence-electron chi connectivity index (χ0n) is 9.11. The maximum Gasteiger partial charge on any atom is 0.389 e. The Morgan fingerprint density at radius 1 is 1.24 bits per heavy atom. The predicted molar refractivity (Wildman–Crippen MR) is 68.1 cm³/mol. The number of alkyl halides is 3. The summed E-state index contributed by atoms with van der Waals surface area (Å²) in [5.41, 5.74) is 0.727. The highest BCUT2D eigenvalue weighted by Gasteiger charge is 2.27. The number of hydrogen-bond donors (Lipinski definition) is 0. The van der Waals surface area contributed by atoms with Gasteiger partial charge in [0.2, 0.25) is 0 Å². The van der Waals surface area contributed by atoms with E-state index in [0.29, 0.717) is 6.42 Å². The molecular weight excluding hydrogens is 367 g/mol. The average molecular weight is 379 g/mol. The van der Waals surface area contributed by atoms with E-state index in [0.717, 1.165) is 15.7 Å². The molecule has 0 bridgehead atoms. The van der Waals surface area contributed by atoms with E-state index in [1.54, 1.807) is 0 Å². The van der Waals surface area contributed by atoms with Crippen molar-refractivity contribution in [3.63, 3.8) is 0 Å². The van der Waals surface area contributed by atoms with E-state index < -0.39 is 12.6 Å². The molecule has 17 heavy (non-hydrogen) atoms. The molecule has 0 saturated heterocycles. The summed E-state index contributed by atoms with van der Waals surface area (Å²) >= 11 is 7.88. The molecule has 1 heterocycles. The smallest absolute Gasteiger partial charge is 0.237 e. The molecule has 0 unspecified atom stereocenters. The fourth-order valence-corrected chi connectivity index (χ4v) is 2.00. The van der Waals surface area contributed by atoms with Crippen LogP contribution in [-0.2, 0) is 12.8 Å². The zero-order valence-corrected chi connectivity index (χ0v) is 12.0. The van der Waals surface area contributed by atoms with E-state index in [1.165, 1.54) is 0 Å². The topological polar surface area (TPSA) is 25.8 Å². The average Bonchev–Trinajstić information content (AvgIpc) is 2.21. The lowest BCUT2D eigenvalue weighted by Gasteiger charge is -2.08. The van der Waals surface area contributed by atoms with Gasteiger partial charge in [0.05, 0.1) is 15.7 Å². The van der Waals surface area contributed by atoms with Crippen molar-refractivity contribution < 1.29 is 13.2 Å². The Hall–Kier alpha value is -0.110. The van der Waals surface area contributed by atoms with Gasteiger partial charge < -0.3 is 0 Å². The van der Waals surface area contributed by atoms with Crippen molar-refractivity contribution in [2.45, 2.75) is 38.8 Å². The molecule has 0 spiro atoms. The lowest BCUT2D eigenvalue weighted by molar-refractivity contribution is -0.134. The van der Waals surface area contributed by atoms with E-state index in [2.05, 4.69) is 9.97 Å². The fourth-order valence-electron chi connectivity index (χ4n) is 1.28. The van der Waals surface area contributed by atoms with Crippen molar-refractivity contribution in [2.24, 2.45) is 0 Å². The van der Waals surface area contributed by atoms with Crippen molar-refractivity contribution in [3.05, 3.63) is 20.2 Å². The molecule has 7 heteroatoms. The maximum atomic E-state index is 12.1. The molecule has 0 aliphatic heterocycles. The molecule has 2 nitrogen and oxygen atoms in total. The first kappa shape index (κ1) is 14.9. The van der Waals surface area contributed by atoms with Crippen molar-refractivity contribution in [1.82, 2.24) is 9.97 Å². The van der Waals surface area contributed by atoms with Gasteiger partial charge in [0, 0.05) is 6.42 Å². The second-order valence-electron chi connectivity index (χ2n) is 3.56. The summed E-state index contributed by atoms with van der Waals surface area (Å²) in [7, 11) is 0. The second kappa shape index (κ2) is 6.17. The van der Waals surface area contributed by atoms with Crippen LogP contribution in [0.4, 0.5) is 13.2 Å². The van der Waals surface area contributed by atoms with Crippen molar-refractivity contribution in [1.29, 1.82) is 0 Å². The number of aromatic nitrogens is 2. The second-order valence-corrected chi connectivity index (χ2v) is 4.99. The van der Waals surface area contributed by atoms with Crippen LogP contribution in [0.3, 0.4) is 0 Å². The third-order valence-electron chi connectivity index (χ3n) is 2.04. The molecule has 96 valence electrons. The van der Waals surface area contributed by atoms with Crippen LogP contribution in [0.2, 0.25) is 5.15 Å². The molecule has 1 rings (SSSR count). The van der Waals surface area contributed by atoms with E-state index >= 15 is 0 Å². The SMILES string of the molecule is CCCc1nc(CCC(F)(F)F)nc(Cl)c1I. The van der Waals surface area contributed by atoms with Gasteiger partial charge in [-0.1, -0.05) is 24.9 Å². The zero-order chi connectivity index (χ0) is 13.1. The summed E-state index contributed by atoms with van der Waals surface area (Å²) in [5.74, 6) is 0.163. The minimum Gasteiger partial charge on any atom is -0.237 e. The van der Waals surface area contributed by atoms with E-state index in [4.69, 9.17) is 11.6 Å². The molecule has 1 aromatic rings. The summed E-state index contributed by atoms with van der Waals surface area (Å²) in [4.78, 5) is 7.99. The van der Waals surface area contributed by atoms with Gasteiger partial charge >= 0.3 is 6.18 Å². The Kier molecular flexibility index (Phi) is 5.43. The molecule has 0 aliphatic carbocycles. The summed E-state index contributed by atoms with van der Waals surface area (Å²) in [6.45, 7) is 1.97. The predicted octanol–water partition coefficient (Wildman–Crippen LogP) is 4.18. The Balaban J connectivity index is 2.86. The highest BCUT2D eigenvalue weighted by atomic mass is 127. The highest BCUT2D eigenvalue weighted by Crippen LogP contribution is 2.24. The third-order valence-corrected chi connectivity index (χ3v) is 3.77. The summed E-state index contributed by atoms with van der Waals surface area (Å²) in [6, 6.07) is 0. The molecule has 0 aromatic carbocycles. The number of rotatable bonds is 4. The van der Waals surface area contributed by atoms with Gasteiger partial charge in [0.15, 0.2) is 0 Å². The Labute approximate surface area is 116 Å². The van der Waals surface area contributed by atoms with Gasteiger partial charge in [-0.2, -0.15) is 13.2 Å². The first-order valence-corrected chi connectivity index (χ1v) is 6.56. The van der Waals surface area contributed by atoms with Crippen molar-refractivity contribution >= 4 is 34.2 Å². The third kappa shape index (κ3) is 4.95. The van der Waals surface area contributed by atoms with E-state index in [1.807, 2.05) is 29.5 Å². The van der Waals surface area contributed by atoms with Gasteiger partial charge in [-0.15, -0.1) is 0 Å². The summed E-state index contributed by atoms with van der Waals surface area (Å²) in [6.07, 6.45) is -3.78. The quantitative estimate of drug-likeness (QED) is 0.580. The van der Waals surface area contributed by atoms with Gasteiger partial charge in [0.25, 0.3) is 0 Å². The monoisotopic (exact) mass is 378 g/mol. The van der Waals surface area contributed by atoms with Crippen LogP contribution >= 0.6 is 34.2 Å². The minimum absolute atomic E-state index is 0.163. The first-order valence-electron chi connectivity index (χ1n) is 5.11. The molecule has 0 saturated carbocycles. The summed E-state index contributed by atoms with van der Waals surface area (Å²) < 4.78 is 37.0. The lowest BCUT2D eigenvalue weighted by atomic mass is 10.2. The largest absolute Gasteiger partial charge is 0.389 e. The number of halogens is 5. The maximum absolute atomic E-state index is 12.1. The fraction of sp³-hybridized carbons (Fsp3) is 0.600. The van der Waals surface area contributed by atoms with E-state index in [9.17, 15) is 13.2 Å².